The van der Waals surface area contributed by atoms with Gasteiger partial charge >= 0.3 is 0 Å². The minimum Gasteiger partial charge on any atom is -0.329 e. The van der Waals surface area contributed by atoms with Crippen molar-refractivity contribution in [1.82, 2.24) is 4.90 Å². The van der Waals surface area contributed by atoms with E-state index in [0.29, 0.717) is 6.04 Å². The van der Waals surface area contributed by atoms with Crippen LogP contribution in [0.15, 0.2) is 0 Å². The fourth-order valence-corrected chi connectivity index (χ4v) is 2.28. The Labute approximate surface area is 89.9 Å². The predicted octanol–water partition coefficient (Wildman–Crippen LogP) is 2.34. The lowest BCUT2D eigenvalue weighted by Gasteiger charge is -2.34. The van der Waals surface area contributed by atoms with Gasteiger partial charge in [-0.1, -0.05) is 40.5 Å². The highest BCUT2D eigenvalue weighted by Crippen LogP contribution is 2.17. The zero-order valence-corrected chi connectivity index (χ0v) is 10.6. The van der Waals surface area contributed by atoms with Crippen LogP contribution >= 0.6 is 0 Å². The average Bonchev–Trinajstić information content (AvgIpc) is 2.12. The molecule has 0 aliphatic carbocycles. The van der Waals surface area contributed by atoms with Gasteiger partial charge in [0, 0.05) is 19.1 Å². The van der Waals surface area contributed by atoms with Crippen LogP contribution in [0.25, 0.3) is 0 Å². The Kier molecular flexibility index (Phi) is 7.20. The van der Waals surface area contributed by atoms with Gasteiger partial charge in [-0.15, -0.1) is 0 Å². The van der Waals surface area contributed by atoms with Crippen molar-refractivity contribution >= 4 is 0 Å². The maximum Gasteiger partial charge on any atom is 0.0243 e. The summed E-state index contributed by atoms with van der Waals surface area (Å²) in [6.07, 6.45) is 2.47. The third-order valence-corrected chi connectivity index (χ3v) is 3.05. The van der Waals surface area contributed by atoms with E-state index in [0.717, 1.165) is 24.9 Å². The molecule has 0 aromatic carbocycles. The van der Waals surface area contributed by atoms with Crippen molar-refractivity contribution in [3.05, 3.63) is 0 Å². The molecular weight excluding hydrogens is 172 g/mol. The molecule has 0 aromatic heterocycles. The van der Waals surface area contributed by atoms with E-state index >= 15 is 0 Å². The van der Waals surface area contributed by atoms with Gasteiger partial charge in [0.15, 0.2) is 0 Å². The molecule has 0 bridgehead atoms. The Morgan fingerprint density at radius 3 is 1.93 bits per heavy atom. The van der Waals surface area contributed by atoms with Crippen LogP contribution in [-0.2, 0) is 0 Å². The van der Waals surface area contributed by atoms with Crippen LogP contribution in [0.3, 0.4) is 0 Å². The maximum atomic E-state index is 5.86. The summed E-state index contributed by atoms with van der Waals surface area (Å²) in [5.41, 5.74) is 5.86. The summed E-state index contributed by atoms with van der Waals surface area (Å²) >= 11 is 0. The van der Waals surface area contributed by atoms with Crippen LogP contribution in [0, 0.1) is 11.8 Å². The number of hydrogen-bond donors (Lipinski definition) is 1. The van der Waals surface area contributed by atoms with Crippen LogP contribution in [-0.4, -0.2) is 31.1 Å². The first-order valence-electron chi connectivity index (χ1n) is 5.97. The van der Waals surface area contributed by atoms with Crippen molar-refractivity contribution in [3.63, 3.8) is 0 Å². The minimum atomic E-state index is 0.562. The second kappa shape index (κ2) is 7.24. The summed E-state index contributed by atoms with van der Waals surface area (Å²) in [5.74, 6) is 1.48. The number of hydrogen-bond acceptors (Lipinski definition) is 2. The van der Waals surface area contributed by atoms with Crippen molar-refractivity contribution < 1.29 is 0 Å². The second-order valence-corrected chi connectivity index (χ2v) is 4.71. The van der Waals surface area contributed by atoms with Gasteiger partial charge in [0.05, 0.1) is 0 Å². The topological polar surface area (TPSA) is 29.3 Å². The van der Waals surface area contributed by atoms with E-state index in [4.69, 9.17) is 5.73 Å². The zero-order valence-electron chi connectivity index (χ0n) is 10.6. The number of nitrogens with two attached hydrogens (primary N) is 1. The van der Waals surface area contributed by atoms with Gasteiger partial charge in [0.2, 0.25) is 0 Å². The molecule has 0 radical (unpaired) electrons. The zero-order chi connectivity index (χ0) is 11.1. The van der Waals surface area contributed by atoms with Gasteiger partial charge in [-0.05, 0) is 18.9 Å². The van der Waals surface area contributed by atoms with Crippen molar-refractivity contribution in [2.75, 3.05) is 20.1 Å². The SMILES string of the molecule is CCC(CC)C(CN)N(C)CC(C)C. The summed E-state index contributed by atoms with van der Waals surface area (Å²) in [6.45, 7) is 11.0. The first kappa shape index (κ1) is 13.9. The molecule has 14 heavy (non-hydrogen) atoms. The summed E-state index contributed by atoms with van der Waals surface area (Å²) in [5, 5.41) is 0. The van der Waals surface area contributed by atoms with Gasteiger partial charge < -0.3 is 10.6 Å². The highest BCUT2D eigenvalue weighted by atomic mass is 15.1. The molecule has 1 atom stereocenters. The van der Waals surface area contributed by atoms with Crippen LogP contribution in [0.2, 0.25) is 0 Å². The first-order valence-corrected chi connectivity index (χ1v) is 5.97. The normalized spacial score (nSPS) is 14.4. The first-order chi connectivity index (χ1) is 6.56. The van der Waals surface area contributed by atoms with E-state index in [1.807, 2.05) is 0 Å². The molecule has 0 saturated heterocycles. The smallest absolute Gasteiger partial charge is 0.0243 e. The average molecular weight is 200 g/mol. The summed E-state index contributed by atoms with van der Waals surface area (Å²) in [6, 6.07) is 0.562. The molecule has 0 fully saturated rings. The standard InChI is InChI=1S/C12H28N2/c1-6-11(7-2)12(8-13)14(5)9-10(3)4/h10-12H,6-9,13H2,1-5H3. The van der Waals surface area contributed by atoms with E-state index in [-0.39, 0.29) is 0 Å². The molecule has 2 heteroatoms. The Morgan fingerprint density at radius 2 is 1.64 bits per heavy atom. The van der Waals surface area contributed by atoms with E-state index in [1.165, 1.54) is 12.8 Å². The molecular formula is C12H28N2. The number of nitrogens with zero attached hydrogens (tertiary/aromatic N) is 1. The lowest BCUT2D eigenvalue weighted by atomic mass is 9.92. The molecule has 0 heterocycles. The van der Waals surface area contributed by atoms with E-state index in [2.05, 4.69) is 39.6 Å². The molecule has 0 amide bonds. The molecule has 1 unspecified atom stereocenters. The molecule has 0 aliphatic rings. The van der Waals surface area contributed by atoms with Gasteiger partial charge in [0.25, 0.3) is 0 Å². The predicted molar refractivity (Wildman–Crippen MR) is 64.4 cm³/mol. The highest BCUT2D eigenvalue weighted by Gasteiger charge is 2.21. The second-order valence-electron chi connectivity index (χ2n) is 4.71. The maximum absolute atomic E-state index is 5.86. The molecule has 0 saturated carbocycles. The molecule has 0 aromatic rings. The lowest BCUT2D eigenvalue weighted by molar-refractivity contribution is 0.157. The lowest BCUT2D eigenvalue weighted by Crippen LogP contribution is -2.44. The number of likely N-dealkylation sites (N-methyl/N-ethyl adjacent to an activating group) is 1. The molecule has 2 N–H and O–H groups in total. The molecule has 0 aliphatic heterocycles. The van der Waals surface area contributed by atoms with E-state index in [9.17, 15) is 0 Å². The third kappa shape index (κ3) is 4.43. The van der Waals surface area contributed by atoms with E-state index in [1.54, 1.807) is 0 Å². The molecule has 2 nitrogen and oxygen atoms in total. The van der Waals surface area contributed by atoms with Gasteiger partial charge in [-0.25, -0.2) is 0 Å². The monoisotopic (exact) mass is 200 g/mol. The Bertz CT molecular complexity index is 130. The van der Waals surface area contributed by atoms with Gasteiger partial charge in [-0.3, -0.25) is 0 Å². The van der Waals surface area contributed by atoms with E-state index < -0.39 is 0 Å². The fourth-order valence-electron chi connectivity index (χ4n) is 2.28. The summed E-state index contributed by atoms with van der Waals surface area (Å²) in [4.78, 5) is 2.43. The van der Waals surface area contributed by atoms with Gasteiger partial charge in [-0.2, -0.15) is 0 Å². The fraction of sp³-hybridized carbons (Fsp3) is 1.00. The quantitative estimate of drug-likeness (QED) is 0.683. The van der Waals surface area contributed by atoms with Crippen molar-refractivity contribution in [1.29, 1.82) is 0 Å². The Balaban J connectivity index is 4.22. The third-order valence-electron chi connectivity index (χ3n) is 3.05. The van der Waals surface area contributed by atoms with Gasteiger partial charge in [0.1, 0.15) is 0 Å². The Hall–Kier alpha value is -0.0800. The van der Waals surface area contributed by atoms with Crippen LogP contribution in [0.1, 0.15) is 40.5 Å². The van der Waals surface area contributed by atoms with Crippen LogP contribution < -0.4 is 5.73 Å². The number of rotatable bonds is 7. The minimum absolute atomic E-state index is 0.562. The molecule has 0 spiro atoms. The molecule has 0 rings (SSSR count). The van der Waals surface area contributed by atoms with Crippen molar-refractivity contribution in [2.45, 2.75) is 46.6 Å². The van der Waals surface area contributed by atoms with Crippen LogP contribution in [0.4, 0.5) is 0 Å². The molecule has 86 valence electrons. The van der Waals surface area contributed by atoms with Crippen molar-refractivity contribution in [2.24, 2.45) is 17.6 Å². The van der Waals surface area contributed by atoms with Crippen molar-refractivity contribution in [3.8, 4) is 0 Å². The van der Waals surface area contributed by atoms with Crippen LogP contribution in [0.5, 0.6) is 0 Å². The summed E-state index contributed by atoms with van der Waals surface area (Å²) in [7, 11) is 2.20. The largest absolute Gasteiger partial charge is 0.329 e. The summed E-state index contributed by atoms with van der Waals surface area (Å²) < 4.78 is 0. The highest BCUT2D eigenvalue weighted by molar-refractivity contribution is 4.77. The Morgan fingerprint density at radius 1 is 1.14 bits per heavy atom.